The summed E-state index contributed by atoms with van der Waals surface area (Å²) in [5.74, 6) is 0.657. The number of ether oxygens (including phenoxy) is 2. The third-order valence-electron chi connectivity index (χ3n) is 3.06. The molecule has 0 radical (unpaired) electrons. The third kappa shape index (κ3) is 2.73. The van der Waals surface area contributed by atoms with Crippen molar-refractivity contribution >= 4 is 5.97 Å². The van der Waals surface area contributed by atoms with Crippen molar-refractivity contribution in [1.29, 1.82) is 0 Å². The van der Waals surface area contributed by atoms with Crippen molar-refractivity contribution < 1.29 is 19.4 Å². The summed E-state index contributed by atoms with van der Waals surface area (Å²) < 4.78 is 10.9. The maximum Gasteiger partial charge on any atom is 0.320 e. The SMILES string of the molecule is CC(C(=O)O)N(C)Cc1ccc2c(c1)OCCO2. The van der Waals surface area contributed by atoms with Gasteiger partial charge < -0.3 is 14.6 Å². The molecule has 1 heterocycles. The van der Waals surface area contributed by atoms with Gasteiger partial charge in [-0.05, 0) is 31.7 Å². The van der Waals surface area contributed by atoms with Crippen LogP contribution in [0.3, 0.4) is 0 Å². The molecule has 1 aromatic rings. The van der Waals surface area contributed by atoms with Gasteiger partial charge in [0.05, 0.1) is 0 Å². The Morgan fingerprint density at radius 1 is 1.39 bits per heavy atom. The first-order chi connectivity index (χ1) is 8.58. The quantitative estimate of drug-likeness (QED) is 0.875. The summed E-state index contributed by atoms with van der Waals surface area (Å²) in [6.07, 6.45) is 0. The normalized spacial score (nSPS) is 15.5. The molecule has 0 saturated carbocycles. The van der Waals surface area contributed by atoms with E-state index in [4.69, 9.17) is 14.6 Å². The lowest BCUT2D eigenvalue weighted by molar-refractivity contribution is -0.142. The van der Waals surface area contributed by atoms with Crippen molar-refractivity contribution in [3.05, 3.63) is 23.8 Å². The van der Waals surface area contributed by atoms with Crippen molar-refractivity contribution in [2.45, 2.75) is 19.5 Å². The predicted octanol–water partition coefficient (Wildman–Crippen LogP) is 1.36. The van der Waals surface area contributed by atoms with Gasteiger partial charge in [-0.1, -0.05) is 6.07 Å². The Labute approximate surface area is 106 Å². The average Bonchev–Trinajstić information content (AvgIpc) is 2.37. The van der Waals surface area contributed by atoms with Crippen LogP contribution in [0.5, 0.6) is 11.5 Å². The molecular formula is C13H17NO4. The molecule has 1 aliphatic heterocycles. The number of rotatable bonds is 4. The Hall–Kier alpha value is -1.75. The summed E-state index contributed by atoms with van der Waals surface area (Å²) in [4.78, 5) is 12.6. The Morgan fingerprint density at radius 2 is 2.06 bits per heavy atom. The minimum atomic E-state index is -0.824. The summed E-state index contributed by atoms with van der Waals surface area (Å²) in [6.45, 7) is 3.35. The molecule has 0 fully saturated rings. The van der Waals surface area contributed by atoms with Crippen LogP contribution in [0, 0.1) is 0 Å². The molecule has 0 aromatic heterocycles. The van der Waals surface area contributed by atoms with E-state index in [-0.39, 0.29) is 0 Å². The smallest absolute Gasteiger partial charge is 0.320 e. The van der Waals surface area contributed by atoms with Crippen LogP contribution in [0.25, 0.3) is 0 Å². The number of carbonyl (C=O) groups is 1. The van der Waals surface area contributed by atoms with Crippen LogP contribution in [0.1, 0.15) is 12.5 Å². The van der Waals surface area contributed by atoms with Gasteiger partial charge in [0.2, 0.25) is 0 Å². The number of aliphatic carboxylic acids is 1. The second kappa shape index (κ2) is 5.27. The molecule has 0 spiro atoms. The summed E-state index contributed by atoms with van der Waals surface area (Å²) in [6, 6.07) is 5.18. The zero-order valence-corrected chi connectivity index (χ0v) is 10.5. The minimum absolute atomic E-state index is 0.516. The molecule has 0 amide bonds. The van der Waals surface area contributed by atoms with Crippen LogP contribution in [-0.4, -0.2) is 42.3 Å². The van der Waals surface area contributed by atoms with E-state index in [2.05, 4.69) is 0 Å². The van der Waals surface area contributed by atoms with E-state index in [1.807, 2.05) is 18.2 Å². The molecule has 5 nitrogen and oxygen atoms in total. The highest BCUT2D eigenvalue weighted by molar-refractivity contribution is 5.72. The summed E-state index contributed by atoms with van der Waals surface area (Å²) in [5.41, 5.74) is 1.01. The zero-order chi connectivity index (χ0) is 13.1. The number of hydrogen-bond donors (Lipinski definition) is 1. The Kier molecular flexibility index (Phi) is 3.72. The van der Waals surface area contributed by atoms with Gasteiger partial charge >= 0.3 is 5.97 Å². The van der Waals surface area contributed by atoms with Gasteiger partial charge in [0.15, 0.2) is 11.5 Å². The first-order valence-electron chi connectivity index (χ1n) is 5.89. The first-order valence-corrected chi connectivity index (χ1v) is 5.89. The van der Waals surface area contributed by atoms with Gasteiger partial charge in [-0.25, -0.2) is 0 Å². The number of carboxylic acids is 1. The Balaban J connectivity index is 2.08. The molecule has 1 aliphatic rings. The van der Waals surface area contributed by atoms with Crippen molar-refractivity contribution in [1.82, 2.24) is 4.90 Å². The number of nitrogens with zero attached hydrogens (tertiary/aromatic N) is 1. The van der Waals surface area contributed by atoms with Crippen LogP contribution in [0.15, 0.2) is 18.2 Å². The molecule has 0 saturated heterocycles. The molecule has 1 unspecified atom stereocenters. The molecule has 98 valence electrons. The molecule has 1 aromatic carbocycles. The molecule has 1 atom stereocenters. The fourth-order valence-electron chi connectivity index (χ4n) is 1.80. The largest absolute Gasteiger partial charge is 0.486 e. The van der Waals surface area contributed by atoms with Gasteiger partial charge in [-0.2, -0.15) is 0 Å². The highest BCUT2D eigenvalue weighted by Crippen LogP contribution is 2.31. The minimum Gasteiger partial charge on any atom is -0.486 e. The lowest BCUT2D eigenvalue weighted by atomic mass is 10.1. The van der Waals surface area contributed by atoms with Crippen molar-refractivity contribution in [2.75, 3.05) is 20.3 Å². The van der Waals surface area contributed by atoms with Gasteiger partial charge in [0.1, 0.15) is 19.3 Å². The number of likely N-dealkylation sites (N-methyl/N-ethyl adjacent to an activating group) is 1. The highest BCUT2D eigenvalue weighted by atomic mass is 16.6. The standard InChI is InChI=1S/C13H17NO4/c1-9(13(15)16)14(2)8-10-3-4-11-12(7-10)18-6-5-17-11/h3-4,7,9H,5-6,8H2,1-2H3,(H,15,16). The molecule has 18 heavy (non-hydrogen) atoms. The molecule has 0 bridgehead atoms. The molecular weight excluding hydrogens is 234 g/mol. The lowest BCUT2D eigenvalue weighted by Gasteiger charge is -2.23. The van der Waals surface area contributed by atoms with E-state index >= 15 is 0 Å². The van der Waals surface area contributed by atoms with E-state index in [1.165, 1.54) is 0 Å². The van der Waals surface area contributed by atoms with Crippen LogP contribution in [0.2, 0.25) is 0 Å². The first kappa shape index (κ1) is 12.7. The number of hydrogen-bond acceptors (Lipinski definition) is 4. The van der Waals surface area contributed by atoms with Crippen LogP contribution < -0.4 is 9.47 Å². The summed E-state index contributed by atoms with van der Waals surface area (Å²) >= 11 is 0. The van der Waals surface area contributed by atoms with Crippen LogP contribution >= 0.6 is 0 Å². The second-order valence-electron chi connectivity index (χ2n) is 4.41. The second-order valence-corrected chi connectivity index (χ2v) is 4.41. The van der Waals surface area contributed by atoms with Crippen molar-refractivity contribution in [2.24, 2.45) is 0 Å². The van der Waals surface area contributed by atoms with Crippen molar-refractivity contribution in [3.8, 4) is 11.5 Å². The zero-order valence-electron chi connectivity index (χ0n) is 10.5. The van der Waals surface area contributed by atoms with E-state index in [1.54, 1.807) is 18.9 Å². The fraction of sp³-hybridized carbons (Fsp3) is 0.462. The van der Waals surface area contributed by atoms with Gasteiger partial charge in [0, 0.05) is 6.54 Å². The van der Waals surface area contributed by atoms with Gasteiger partial charge in [-0.3, -0.25) is 9.69 Å². The monoisotopic (exact) mass is 251 g/mol. The van der Waals surface area contributed by atoms with Crippen LogP contribution in [-0.2, 0) is 11.3 Å². The highest BCUT2D eigenvalue weighted by Gasteiger charge is 2.18. The lowest BCUT2D eigenvalue weighted by Crippen LogP contribution is -2.35. The summed E-state index contributed by atoms with van der Waals surface area (Å²) in [7, 11) is 1.79. The van der Waals surface area contributed by atoms with E-state index in [9.17, 15) is 4.79 Å². The van der Waals surface area contributed by atoms with E-state index < -0.39 is 12.0 Å². The summed E-state index contributed by atoms with van der Waals surface area (Å²) in [5, 5.41) is 8.94. The fourth-order valence-corrected chi connectivity index (χ4v) is 1.80. The van der Waals surface area contributed by atoms with Gasteiger partial charge in [0.25, 0.3) is 0 Å². The number of carboxylic acid groups (broad SMARTS) is 1. The molecule has 5 heteroatoms. The Bertz CT molecular complexity index is 447. The Morgan fingerprint density at radius 3 is 2.72 bits per heavy atom. The van der Waals surface area contributed by atoms with Gasteiger partial charge in [-0.15, -0.1) is 0 Å². The van der Waals surface area contributed by atoms with E-state index in [0.717, 1.165) is 17.1 Å². The number of benzene rings is 1. The topological polar surface area (TPSA) is 59.0 Å². The van der Waals surface area contributed by atoms with Crippen LogP contribution in [0.4, 0.5) is 0 Å². The maximum atomic E-state index is 10.9. The molecule has 1 N–H and O–H groups in total. The average molecular weight is 251 g/mol. The third-order valence-corrected chi connectivity index (χ3v) is 3.06. The maximum absolute atomic E-state index is 10.9. The molecule has 2 rings (SSSR count). The number of fused-ring (bicyclic) bond motifs is 1. The van der Waals surface area contributed by atoms with E-state index in [0.29, 0.717) is 19.8 Å². The predicted molar refractivity (Wildman–Crippen MR) is 66.0 cm³/mol. The molecule has 0 aliphatic carbocycles. The van der Waals surface area contributed by atoms with Crippen molar-refractivity contribution in [3.63, 3.8) is 0 Å².